The van der Waals surface area contributed by atoms with Gasteiger partial charge in [-0.3, -0.25) is 9.88 Å². The van der Waals surface area contributed by atoms with Gasteiger partial charge in [0.05, 0.1) is 24.4 Å². The summed E-state index contributed by atoms with van der Waals surface area (Å²) in [5.74, 6) is 1.95. The molecule has 174 valence electrons. The Morgan fingerprint density at radius 1 is 1.19 bits per heavy atom. The van der Waals surface area contributed by atoms with Crippen molar-refractivity contribution in [2.75, 3.05) is 20.2 Å². The van der Waals surface area contributed by atoms with Crippen molar-refractivity contribution in [2.24, 2.45) is 11.8 Å². The first kappa shape index (κ1) is 23.3. The molecule has 1 aromatic heterocycles. The topological polar surface area (TPSA) is 45.6 Å². The van der Waals surface area contributed by atoms with Crippen LogP contribution in [0, 0.1) is 11.8 Å². The lowest BCUT2D eigenvalue weighted by atomic mass is 9.70. The maximum Gasteiger partial charge on any atom is 0.119 e. The highest BCUT2D eigenvalue weighted by Crippen LogP contribution is 2.46. The number of nitrogens with zero attached hydrogens (tertiary/aromatic N) is 2. The average Bonchev–Trinajstić information content (AvgIpc) is 2.75. The molecule has 2 unspecified atom stereocenters. The van der Waals surface area contributed by atoms with Crippen LogP contribution in [0.4, 0.5) is 0 Å². The smallest absolute Gasteiger partial charge is 0.119 e. The molecule has 0 radical (unpaired) electrons. The summed E-state index contributed by atoms with van der Waals surface area (Å²) in [6.07, 6.45) is 3.76. The molecule has 0 saturated carbocycles. The van der Waals surface area contributed by atoms with Crippen LogP contribution in [-0.4, -0.2) is 41.2 Å². The van der Waals surface area contributed by atoms with E-state index < -0.39 is 6.10 Å². The Kier molecular flexibility index (Phi) is 5.92. The Balaban J connectivity index is 1.96. The number of pyridine rings is 1. The standard InChI is InChI=1S/C28H40N2O2/c1-9-17-16-30-13-12-18(17)14-22(30)25(31)23-20-15-19(32-8)10-11-21(20)29-26(28(5,6)7)24(23)27(2,3)4/h9-11,15,17-18,22,25,31H,1,12-14,16H2,2-8H3/t17-,18?,22-,25-/m0/s1. The van der Waals surface area contributed by atoms with E-state index in [2.05, 4.69) is 65.2 Å². The zero-order chi connectivity index (χ0) is 23.4. The molecule has 2 bridgehead atoms. The number of fused-ring (bicyclic) bond motifs is 4. The summed E-state index contributed by atoms with van der Waals surface area (Å²) in [6, 6.07) is 6.18. The first-order chi connectivity index (χ1) is 15.0. The molecular formula is C28H40N2O2. The monoisotopic (exact) mass is 436 g/mol. The third-order valence-electron chi connectivity index (χ3n) is 7.51. The van der Waals surface area contributed by atoms with Gasteiger partial charge in [0.25, 0.3) is 0 Å². The van der Waals surface area contributed by atoms with Crippen molar-refractivity contribution in [3.8, 4) is 5.75 Å². The minimum atomic E-state index is -0.573. The lowest BCUT2D eigenvalue weighted by Crippen LogP contribution is -2.55. The van der Waals surface area contributed by atoms with Gasteiger partial charge in [-0.05, 0) is 66.0 Å². The van der Waals surface area contributed by atoms with E-state index in [0.717, 1.165) is 47.4 Å². The minimum absolute atomic E-state index is 0.121. The van der Waals surface area contributed by atoms with Gasteiger partial charge in [-0.15, -0.1) is 6.58 Å². The lowest BCUT2D eigenvalue weighted by Gasteiger charge is -2.51. The van der Waals surface area contributed by atoms with Gasteiger partial charge in [0.1, 0.15) is 5.75 Å². The molecule has 32 heavy (non-hydrogen) atoms. The summed E-state index contributed by atoms with van der Waals surface area (Å²) >= 11 is 0. The molecule has 5 rings (SSSR count). The average molecular weight is 437 g/mol. The van der Waals surface area contributed by atoms with Gasteiger partial charge in [-0.25, -0.2) is 0 Å². The van der Waals surface area contributed by atoms with Crippen LogP contribution in [0.2, 0.25) is 0 Å². The van der Waals surface area contributed by atoms with Crippen LogP contribution in [0.3, 0.4) is 0 Å². The predicted molar refractivity (Wildman–Crippen MR) is 132 cm³/mol. The van der Waals surface area contributed by atoms with Gasteiger partial charge in [-0.1, -0.05) is 47.6 Å². The van der Waals surface area contributed by atoms with Crippen LogP contribution in [0.5, 0.6) is 5.75 Å². The summed E-state index contributed by atoms with van der Waals surface area (Å²) < 4.78 is 5.57. The molecule has 1 N–H and O–H groups in total. The highest BCUT2D eigenvalue weighted by molar-refractivity contribution is 5.86. The number of methoxy groups -OCH3 is 1. The first-order valence-corrected chi connectivity index (χ1v) is 12.0. The molecule has 3 fully saturated rings. The maximum absolute atomic E-state index is 12.1. The van der Waals surface area contributed by atoms with E-state index in [4.69, 9.17) is 9.72 Å². The van der Waals surface area contributed by atoms with Crippen LogP contribution < -0.4 is 4.74 Å². The van der Waals surface area contributed by atoms with Gasteiger partial charge < -0.3 is 9.84 Å². The fraction of sp³-hybridized carbons (Fsp3) is 0.607. The van der Waals surface area contributed by atoms with E-state index in [1.54, 1.807) is 7.11 Å². The molecule has 0 spiro atoms. The molecule has 5 atom stereocenters. The highest BCUT2D eigenvalue weighted by atomic mass is 16.5. The Labute approximate surface area is 193 Å². The summed E-state index contributed by atoms with van der Waals surface area (Å²) in [5, 5.41) is 13.1. The van der Waals surface area contributed by atoms with E-state index >= 15 is 0 Å². The number of hydrogen-bond acceptors (Lipinski definition) is 4. The maximum atomic E-state index is 12.1. The second-order valence-corrected chi connectivity index (χ2v) is 11.8. The molecule has 4 nitrogen and oxygen atoms in total. The van der Waals surface area contributed by atoms with Crippen LogP contribution in [-0.2, 0) is 10.8 Å². The van der Waals surface area contributed by atoms with Crippen LogP contribution in [0.15, 0.2) is 30.9 Å². The Hall–Kier alpha value is -1.91. The number of ether oxygens (including phenoxy) is 1. The largest absolute Gasteiger partial charge is 0.497 e. The predicted octanol–water partition coefficient (Wildman–Crippen LogP) is 5.77. The second kappa shape index (κ2) is 8.14. The molecule has 3 aliphatic rings. The minimum Gasteiger partial charge on any atom is -0.497 e. The van der Waals surface area contributed by atoms with Gasteiger partial charge >= 0.3 is 0 Å². The molecule has 4 heterocycles. The lowest BCUT2D eigenvalue weighted by molar-refractivity contribution is -0.0449. The normalized spacial score (nSPS) is 26.9. The molecular weight excluding hydrogens is 396 g/mol. The van der Waals surface area contributed by atoms with Crippen molar-refractivity contribution in [3.63, 3.8) is 0 Å². The van der Waals surface area contributed by atoms with Crippen molar-refractivity contribution in [2.45, 2.75) is 77.4 Å². The van der Waals surface area contributed by atoms with E-state index in [1.165, 1.54) is 12.0 Å². The highest BCUT2D eigenvalue weighted by Gasteiger charge is 2.44. The third-order valence-corrected chi connectivity index (χ3v) is 7.51. The van der Waals surface area contributed by atoms with Gasteiger partial charge in [0.2, 0.25) is 0 Å². The quantitative estimate of drug-likeness (QED) is 0.618. The zero-order valence-electron chi connectivity index (χ0n) is 20.9. The Bertz CT molecular complexity index is 1010. The van der Waals surface area contributed by atoms with Crippen molar-refractivity contribution >= 4 is 10.9 Å². The van der Waals surface area contributed by atoms with E-state index in [0.29, 0.717) is 11.8 Å². The van der Waals surface area contributed by atoms with Crippen LogP contribution in [0.1, 0.15) is 77.3 Å². The van der Waals surface area contributed by atoms with Crippen molar-refractivity contribution in [1.29, 1.82) is 0 Å². The summed E-state index contributed by atoms with van der Waals surface area (Å²) in [6.45, 7) is 19.5. The van der Waals surface area contributed by atoms with Crippen LogP contribution in [0.25, 0.3) is 10.9 Å². The van der Waals surface area contributed by atoms with E-state index in [-0.39, 0.29) is 16.9 Å². The third kappa shape index (κ3) is 3.97. The number of piperidine rings is 3. The Morgan fingerprint density at radius 3 is 2.44 bits per heavy atom. The van der Waals surface area contributed by atoms with E-state index in [1.807, 2.05) is 12.1 Å². The number of benzene rings is 1. The summed E-state index contributed by atoms with van der Waals surface area (Å²) in [4.78, 5) is 7.65. The fourth-order valence-electron chi connectivity index (χ4n) is 5.90. The second-order valence-electron chi connectivity index (χ2n) is 11.8. The molecule has 1 aromatic carbocycles. The molecule has 3 aliphatic heterocycles. The molecule has 3 saturated heterocycles. The number of hydrogen-bond donors (Lipinski definition) is 1. The van der Waals surface area contributed by atoms with Crippen molar-refractivity contribution < 1.29 is 9.84 Å². The fourth-order valence-corrected chi connectivity index (χ4v) is 5.90. The Morgan fingerprint density at radius 2 is 1.91 bits per heavy atom. The molecule has 4 heteroatoms. The SMILES string of the molecule is C=C[C@H]1CN2CCC1C[C@H]2[C@H](O)c1c(C(C)(C)C)c(C(C)(C)C)nc2ccc(OC)cc12. The number of aliphatic hydroxyl groups is 1. The number of aromatic nitrogens is 1. The first-order valence-electron chi connectivity index (χ1n) is 12.0. The molecule has 0 amide bonds. The van der Waals surface area contributed by atoms with Crippen LogP contribution >= 0.6 is 0 Å². The van der Waals surface area contributed by atoms with Crippen molar-refractivity contribution in [3.05, 3.63) is 47.7 Å². The van der Waals surface area contributed by atoms with Crippen molar-refractivity contribution in [1.82, 2.24) is 9.88 Å². The summed E-state index contributed by atoms with van der Waals surface area (Å²) in [5.41, 5.74) is 3.94. The summed E-state index contributed by atoms with van der Waals surface area (Å²) in [7, 11) is 1.69. The van der Waals surface area contributed by atoms with Gasteiger partial charge in [0.15, 0.2) is 0 Å². The number of rotatable bonds is 4. The van der Waals surface area contributed by atoms with E-state index in [9.17, 15) is 5.11 Å². The molecule has 0 aliphatic carbocycles. The molecule has 2 aromatic rings. The van der Waals surface area contributed by atoms with Gasteiger partial charge in [-0.2, -0.15) is 0 Å². The number of aliphatic hydroxyl groups excluding tert-OH is 1. The zero-order valence-corrected chi connectivity index (χ0v) is 20.9. The van der Waals surface area contributed by atoms with Gasteiger partial charge in [0, 0.05) is 23.4 Å².